The number of aliphatic hydroxyl groups is 1. The summed E-state index contributed by atoms with van der Waals surface area (Å²) in [6.45, 7) is 8.55. The molecule has 0 aliphatic carbocycles. The minimum atomic E-state index is -0.511. The molecule has 0 aliphatic rings. The summed E-state index contributed by atoms with van der Waals surface area (Å²) >= 11 is 0. The molecule has 96 valence electrons. The maximum absolute atomic E-state index is 10.4. The molecule has 3 nitrogen and oxygen atoms in total. The van der Waals surface area contributed by atoms with Crippen LogP contribution in [0.25, 0.3) is 0 Å². The molecule has 18 heavy (non-hydrogen) atoms. The van der Waals surface area contributed by atoms with E-state index in [9.17, 15) is 5.11 Å². The lowest BCUT2D eigenvalue weighted by atomic mass is 10.0. The van der Waals surface area contributed by atoms with E-state index in [1.807, 2.05) is 44.5 Å². The van der Waals surface area contributed by atoms with E-state index in [1.54, 1.807) is 0 Å². The van der Waals surface area contributed by atoms with E-state index in [0.717, 1.165) is 22.5 Å². The van der Waals surface area contributed by atoms with E-state index >= 15 is 0 Å². The van der Waals surface area contributed by atoms with E-state index in [4.69, 9.17) is 0 Å². The van der Waals surface area contributed by atoms with Gasteiger partial charge in [0.2, 0.25) is 0 Å². The number of aromatic nitrogens is 2. The highest BCUT2D eigenvalue weighted by Gasteiger charge is 2.13. The third kappa shape index (κ3) is 2.62. The second-order valence-electron chi connectivity index (χ2n) is 4.99. The van der Waals surface area contributed by atoms with Gasteiger partial charge in [0.1, 0.15) is 0 Å². The first-order chi connectivity index (χ1) is 8.47. The Labute approximate surface area is 108 Å². The minimum absolute atomic E-state index is 0.504. The van der Waals surface area contributed by atoms with Gasteiger partial charge in [0, 0.05) is 5.69 Å². The van der Waals surface area contributed by atoms with Gasteiger partial charge in [0.25, 0.3) is 0 Å². The SMILES string of the molecule is Cc1ccc(C)c(C(O)Cn2nc(C)cc2C)c1. The predicted octanol–water partition coefficient (Wildman–Crippen LogP) is 2.85. The van der Waals surface area contributed by atoms with Crippen molar-refractivity contribution in [2.24, 2.45) is 0 Å². The highest BCUT2D eigenvalue weighted by Crippen LogP contribution is 2.21. The standard InChI is InChI=1S/C15H20N2O/c1-10-5-6-11(2)14(7-10)15(18)9-17-13(4)8-12(3)16-17/h5-8,15,18H,9H2,1-4H3. The van der Waals surface area contributed by atoms with Crippen LogP contribution in [0.15, 0.2) is 24.3 Å². The number of benzene rings is 1. The highest BCUT2D eigenvalue weighted by atomic mass is 16.3. The molecule has 2 aromatic rings. The van der Waals surface area contributed by atoms with Crippen molar-refractivity contribution in [3.8, 4) is 0 Å². The van der Waals surface area contributed by atoms with Gasteiger partial charge in [-0.05, 0) is 44.9 Å². The number of rotatable bonds is 3. The van der Waals surface area contributed by atoms with Gasteiger partial charge in [-0.2, -0.15) is 5.10 Å². The molecule has 2 rings (SSSR count). The zero-order valence-corrected chi connectivity index (χ0v) is 11.4. The maximum Gasteiger partial charge on any atom is 0.0988 e. The summed E-state index contributed by atoms with van der Waals surface area (Å²) in [5, 5.41) is 14.7. The molecule has 0 spiro atoms. The Kier molecular flexibility index (Phi) is 3.53. The lowest BCUT2D eigenvalue weighted by molar-refractivity contribution is 0.150. The highest BCUT2D eigenvalue weighted by molar-refractivity contribution is 5.32. The van der Waals surface area contributed by atoms with Crippen LogP contribution in [0.5, 0.6) is 0 Å². The van der Waals surface area contributed by atoms with Crippen LogP contribution in [-0.2, 0) is 6.54 Å². The Morgan fingerprint density at radius 3 is 2.50 bits per heavy atom. The third-order valence-electron chi connectivity index (χ3n) is 3.24. The quantitative estimate of drug-likeness (QED) is 0.901. The Morgan fingerprint density at radius 2 is 1.89 bits per heavy atom. The number of hydrogen-bond acceptors (Lipinski definition) is 2. The second kappa shape index (κ2) is 4.94. The Hall–Kier alpha value is -1.61. The van der Waals surface area contributed by atoms with Crippen LogP contribution in [0, 0.1) is 27.7 Å². The molecule has 1 aromatic carbocycles. The zero-order chi connectivity index (χ0) is 13.3. The summed E-state index contributed by atoms with van der Waals surface area (Å²) < 4.78 is 1.86. The monoisotopic (exact) mass is 244 g/mol. The van der Waals surface area contributed by atoms with E-state index in [-0.39, 0.29) is 0 Å². The van der Waals surface area contributed by atoms with Crippen LogP contribution >= 0.6 is 0 Å². The number of aliphatic hydroxyl groups excluding tert-OH is 1. The molecule has 1 heterocycles. The molecule has 0 saturated carbocycles. The fraction of sp³-hybridized carbons (Fsp3) is 0.400. The van der Waals surface area contributed by atoms with E-state index < -0.39 is 6.10 Å². The molecule has 0 radical (unpaired) electrons. The van der Waals surface area contributed by atoms with Crippen molar-refractivity contribution in [1.82, 2.24) is 9.78 Å². The van der Waals surface area contributed by atoms with Crippen molar-refractivity contribution in [3.63, 3.8) is 0 Å². The van der Waals surface area contributed by atoms with Crippen molar-refractivity contribution in [1.29, 1.82) is 0 Å². The topological polar surface area (TPSA) is 38.0 Å². The summed E-state index contributed by atoms with van der Waals surface area (Å²) in [6.07, 6.45) is -0.511. The van der Waals surface area contributed by atoms with Crippen LogP contribution in [0.4, 0.5) is 0 Å². The molecular weight excluding hydrogens is 224 g/mol. The summed E-state index contributed by atoms with van der Waals surface area (Å²) in [4.78, 5) is 0. The van der Waals surface area contributed by atoms with Crippen molar-refractivity contribution in [2.45, 2.75) is 40.3 Å². The van der Waals surface area contributed by atoms with Crippen molar-refractivity contribution < 1.29 is 5.11 Å². The van der Waals surface area contributed by atoms with E-state index in [1.165, 1.54) is 5.56 Å². The Bertz CT molecular complexity index is 558. The molecule has 0 bridgehead atoms. The smallest absolute Gasteiger partial charge is 0.0988 e. The first-order valence-electron chi connectivity index (χ1n) is 6.23. The fourth-order valence-corrected chi connectivity index (χ4v) is 2.24. The van der Waals surface area contributed by atoms with Gasteiger partial charge in [-0.15, -0.1) is 0 Å². The fourth-order valence-electron chi connectivity index (χ4n) is 2.24. The molecule has 0 saturated heterocycles. The zero-order valence-electron chi connectivity index (χ0n) is 11.4. The minimum Gasteiger partial charge on any atom is -0.386 e. The Balaban J connectivity index is 2.24. The maximum atomic E-state index is 10.4. The molecule has 0 fully saturated rings. The van der Waals surface area contributed by atoms with Crippen molar-refractivity contribution >= 4 is 0 Å². The molecule has 1 atom stereocenters. The van der Waals surface area contributed by atoms with Gasteiger partial charge in [0.15, 0.2) is 0 Å². The lowest BCUT2D eigenvalue weighted by Gasteiger charge is -2.15. The predicted molar refractivity (Wildman–Crippen MR) is 72.6 cm³/mol. The van der Waals surface area contributed by atoms with Gasteiger partial charge in [-0.1, -0.05) is 23.8 Å². The first-order valence-corrected chi connectivity index (χ1v) is 6.23. The summed E-state index contributed by atoms with van der Waals surface area (Å²) in [5.74, 6) is 0. The van der Waals surface area contributed by atoms with Crippen LogP contribution in [0.3, 0.4) is 0 Å². The number of hydrogen-bond donors (Lipinski definition) is 1. The normalized spacial score (nSPS) is 12.7. The molecule has 1 aromatic heterocycles. The van der Waals surface area contributed by atoms with Crippen LogP contribution in [0.2, 0.25) is 0 Å². The van der Waals surface area contributed by atoms with Gasteiger partial charge >= 0.3 is 0 Å². The van der Waals surface area contributed by atoms with E-state index in [2.05, 4.69) is 17.2 Å². The van der Waals surface area contributed by atoms with Crippen LogP contribution in [-0.4, -0.2) is 14.9 Å². The lowest BCUT2D eigenvalue weighted by Crippen LogP contribution is -2.12. The third-order valence-corrected chi connectivity index (χ3v) is 3.24. The molecule has 1 N–H and O–H groups in total. The average molecular weight is 244 g/mol. The molecule has 1 unspecified atom stereocenters. The van der Waals surface area contributed by atoms with E-state index in [0.29, 0.717) is 6.54 Å². The van der Waals surface area contributed by atoms with Crippen molar-refractivity contribution in [2.75, 3.05) is 0 Å². The number of nitrogens with zero attached hydrogens (tertiary/aromatic N) is 2. The molecule has 3 heteroatoms. The van der Waals surface area contributed by atoms with Gasteiger partial charge in [-0.3, -0.25) is 4.68 Å². The summed E-state index contributed by atoms with van der Waals surface area (Å²) in [5.41, 5.74) is 5.35. The van der Waals surface area contributed by atoms with Crippen LogP contribution < -0.4 is 0 Å². The van der Waals surface area contributed by atoms with Gasteiger partial charge in [0.05, 0.1) is 18.3 Å². The molecule has 0 amide bonds. The summed E-state index contributed by atoms with van der Waals surface area (Å²) in [7, 11) is 0. The summed E-state index contributed by atoms with van der Waals surface area (Å²) in [6, 6.07) is 8.19. The first kappa shape index (κ1) is 12.8. The molecular formula is C15H20N2O. The van der Waals surface area contributed by atoms with Crippen LogP contribution in [0.1, 0.15) is 34.2 Å². The number of aryl methyl sites for hydroxylation is 4. The Morgan fingerprint density at radius 1 is 1.17 bits per heavy atom. The molecule has 0 aliphatic heterocycles. The van der Waals surface area contributed by atoms with Crippen molar-refractivity contribution in [3.05, 3.63) is 52.3 Å². The van der Waals surface area contributed by atoms with Gasteiger partial charge in [-0.25, -0.2) is 0 Å². The van der Waals surface area contributed by atoms with Gasteiger partial charge < -0.3 is 5.11 Å². The average Bonchev–Trinajstić information content (AvgIpc) is 2.61. The largest absolute Gasteiger partial charge is 0.386 e. The second-order valence-corrected chi connectivity index (χ2v) is 4.99.